The third kappa shape index (κ3) is 4.42. The van der Waals surface area contributed by atoms with Gasteiger partial charge in [0, 0.05) is 8.04 Å². The van der Waals surface area contributed by atoms with Crippen molar-refractivity contribution in [3.63, 3.8) is 0 Å². The summed E-state index contributed by atoms with van der Waals surface area (Å²) in [7, 11) is 0. The second-order valence-electron chi connectivity index (χ2n) is 3.30. The number of carboxylic acid groups (broad SMARTS) is 1. The smallest absolute Gasteiger partial charge is 0.328 e. The van der Waals surface area contributed by atoms with Crippen LogP contribution in [0.1, 0.15) is 0 Å². The molecule has 0 saturated heterocycles. The Morgan fingerprint density at radius 3 is 2.67 bits per heavy atom. The zero-order valence-electron chi connectivity index (χ0n) is 8.98. The average Bonchev–Trinajstić information content (AvgIpc) is 2.30. The molecule has 0 aliphatic carbocycles. The Labute approximate surface area is 125 Å². The number of aliphatic hydroxyl groups is 1. The number of aliphatic carboxylic acids is 1. The van der Waals surface area contributed by atoms with Gasteiger partial charge in [0.15, 0.2) is 6.04 Å². The highest BCUT2D eigenvalue weighted by Gasteiger charge is 2.18. The molecule has 0 radical (unpaired) electrons. The Morgan fingerprint density at radius 1 is 1.44 bits per heavy atom. The second kappa shape index (κ2) is 6.90. The molecule has 0 aliphatic heterocycles. The molecule has 8 heteroatoms. The van der Waals surface area contributed by atoms with Gasteiger partial charge in [-0.1, -0.05) is 15.9 Å². The van der Waals surface area contributed by atoms with Crippen LogP contribution < -0.4 is 10.6 Å². The van der Waals surface area contributed by atoms with E-state index in [1.807, 2.05) is 28.7 Å². The van der Waals surface area contributed by atoms with Crippen LogP contribution in [0.4, 0.5) is 10.5 Å². The van der Waals surface area contributed by atoms with Crippen molar-refractivity contribution < 1.29 is 19.8 Å². The Morgan fingerprint density at radius 2 is 2.11 bits per heavy atom. The second-order valence-corrected chi connectivity index (χ2v) is 5.37. The number of aliphatic hydroxyl groups excluding tert-OH is 1. The maximum absolute atomic E-state index is 11.5. The van der Waals surface area contributed by atoms with E-state index in [1.54, 1.807) is 12.1 Å². The molecule has 6 nitrogen and oxygen atoms in total. The van der Waals surface area contributed by atoms with Crippen LogP contribution in [-0.4, -0.2) is 34.9 Å². The summed E-state index contributed by atoms with van der Waals surface area (Å²) in [5.74, 6) is -1.29. The fourth-order valence-corrected chi connectivity index (χ4v) is 1.93. The number of carboxylic acids is 1. The van der Waals surface area contributed by atoms with Crippen LogP contribution in [0.3, 0.4) is 0 Å². The molecule has 0 spiro atoms. The highest BCUT2D eigenvalue weighted by atomic mass is 127. The Bertz CT molecular complexity index is 469. The zero-order valence-corrected chi connectivity index (χ0v) is 12.7. The quantitative estimate of drug-likeness (QED) is 0.547. The lowest BCUT2D eigenvalue weighted by molar-refractivity contribution is -0.140. The van der Waals surface area contributed by atoms with Gasteiger partial charge in [0.2, 0.25) is 0 Å². The van der Waals surface area contributed by atoms with Crippen molar-refractivity contribution >= 4 is 56.2 Å². The van der Waals surface area contributed by atoms with Gasteiger partial charge in [-0.2, -0.15) is 0 Å². The molecule has 2 amide bonds. The highest BCUT2D eigenvalue weighted by molar-refractivity contribution is 14.1. The summed E-state index contributed by atoms with van der Waals surface area (Å²) >= 11 is 5.30. The van der Waals surface area contributed by atoms with Gasteiger partial charge in [-0.05, 0) is 40.8 Å². The molecule has 1 rings (SSSR count). The fraction of sp³-hybridized carbons (Fsp3) is 0.200. The standard InChI is InChI=1S/C10H10BrIN2O4/c11-5-1-2-6(12)7(3-5)13-10(18)14-8(4-15)9(16)17/h1-3,8,15H,4H2,(H,16,17)(H2,13,14,18)/t8-/m0/s1. The lowest BCUT2D eigenvalue weighted by Crippen LogP contribution is -2.45. The minimum absolute atomic E-state index is 0.546. The van der Waals surface area contributed by atoms with Crippen molar-refractivity contribution in [3.8, 4) is 0 Å². The van der Waals surface area contributed by atoms with E-state index in [0.717, 1.165) is 8.04 Å². The van der Waals surface area contributed by atoms with Gasteiger partial charge in [-0.25, -0.2) is 9.59 Å². The number of halogens is 2. The van der Waals surface area contributed by atoms with Crippen molar-refractivity contribution in [3.05, 3.63) is 26.2 Å². The van der Waals surface area contributed by atoms with Gasteiger partial charge in [0.05, 0.1) is 12.3 Å². The lowest BCUT2D eigenvalue weighted by Gasteiger charge is -2.13. The lowest BCUT2D eigenvalue weighted by atomic mass is 10.3. The summed E-state index contributed by atoms with van der Waals surface area (Å²) in [6.45, 7) is -0.668. The number of carbonyl (C=O) groups is 2. The molecule has 0 unspecified atom stereocenters. The third-order valence-electron chi connectivity index (χ3n) is 1.96. The van der Waals surface area contributed by atoms with Crippen LogP contribution in [0.5, 0.6) is 0 Å². The number of urea groups is 1. The predicted molar refractivity (Wildman–Crippen MR) is 77.5 cm³/mol. The molecule has 0 bridgehead atoms. The minimum atomic E-state index is -1.32. The summed E-state index contributed by atoms with van der Waals surface area (Å²) in [4.78, 5) is 22.2. The molecule has 0 aliphatic rings. The molecular formula is C10H10BrIN2O4. The molecule has 1 aromatic carbocycles. The highest BCUT2D eigenvalue weighted by Crippen LogP contribution is 2.22. The first-order valence-electron chi connectivity index (χ1n) is 4.80. The number of rotatable bonds is 4. The van der Waals surface area contributed by atoms with E-state index in [1.165, 1.54) is 0 Å². The van der Waals surface area contributed by atoms with E-state index in [-0.39, 0.29) is 0 Å². The van der Waals surface area contributed by atoms with Crippen molar-refractivity contribution in [2.24, 2.45) is 0 Å². The number of amides is 2. The van der Waals surface area contributed by atoms with Crippen LogP contribution in [0, 0.1) is 3.57 Å². The summed E-state index contributed by atoms with van der Waals surface area (Å²) in [6.07, 6.45) is 0. The predicted octanol–water partition coefficient (Wildman–Crippen LogP) is 1.62. The number of benzene rings is 1. The third-order valence-corrected chi connectivity index (χ3v) is 3.40. The number of nitrogens with one attached hydrogen (secondary N) is 2. The first-order chi connectivity index (χ1) is 8.43. The summed E-state index contributed by atoms with van der Waals surface area (Å²) < 4.78 is 1.59. The Kier molecular flexibility index (Phi) is 5.82. The van der Waals surface area contributed by atoms with Gasteiger partial charge in [0.1, 0.15) is 0 Å². The van der Waals surface area contributed by atoms with Gasteiger partial charge in [-0.15, -0.1) is 0 Å². The van der Waals surface area contributed by atoms with Crippen LogP contribution >= 0.6 is 38.5 Å². The normalized spacial score (nSPS) is 11.7. The molecule has 18 heavy (non-hydrogen) atoms. The van der Waals surface area contributed by atoms with E-state index in [4.69, 9.17) is 10.2 Å². The molecule has 0 fully saturated rings. The fourth-order valence-electron chi connectivity index (χ4n) is 1.10. The van der Waals surface area contributed by atoms with E-state index < -0.39 is 24.6 Å². The van der Waals surface area contributed by atoms with E-state index in [2.05, 4.69) is 26.6 Å². The summed E-state index contributed by atoms with van der Waals surface area (Å²) in [5.41, 5.74) is 0.546. The molecule has 0 aromatic heterocycles. The SMILES string of the molecule is O=C(Nc1cc(Br)ccc1I)N[C@@H](CO)C(=O)O. The van der Waals surface area contributed by atoms with Crippen molar-refractivity contribution in [1.29, 1.82) is 0 Å². The van der Waals surface area contributed by atoms with E-state index >= 15 is 0 Å². The average molecular weight is 429 g/mol. The van der Waals surface area contributed by atoms with Crippen LogP contribution in [0.2, 0.25) is 0 Å². The van der Waals surface area contributed by atoms with Crippen LogP contribution in [0.15, 0.2) is 22.7 Å². The maximum atomic E-state index is 11.5. The molecule has 0 saturated carbocycles. The molecule has 98 valence electrons. The van der Waals surface area contributed by atoms with Crippen molar-refractivity contribution in [2.45, 2.75) is 6.04 Å². The zero-order chi connectivity index (χ0) is 13.7. The molecule has 4 N–H and O–H groups in total. The van der Waals surface area contributed by atoms with Crippen molar-refractivity contribution in [2.75, 3.05) is 11.9 Å². The number of hydrogen-bond acceptors (Lipinski definition) is 3. The first kappa shape index (κ1) is 15.2. The van der Waals surface area contributed by atoms with Gasteiger partial charge in [-0.3, -0.25) is 0 Å². The van der Waals surface area contributed by atoms with Crippen LogP contribution in [0.25, 0.3) is 0 Å². The monoisotopic (exact) mass is 428 g/mol. The van der Waals surface area contributed by atoms with E-state index in [9.17, 15) is 9.59 Å². The number of anilines is 1. The van der Waals surface area contributed by atoms with E-state index in [0.29, 0.717) is 5.69 Å². The summed E-state index contributed by atoms with van der Waals surface area (Å²) in [6, 6.07) is 3.29. The molecule has 1 aromatic rings. The Balaban J connectivity index is 2.70. The minimum Gasteiger partial charge on any atom is -0.480 e. The van der Waals surface area contributed by atoms with Gasteiger partial charge >= 0.3 is 12.0 Å². The topological polar surface area (TPSA) is 98.7 Å². The van der Waals surface area contributed by atoms with Gasteiger partial charge in [0.25, 0.3) is 0 Å². The largest absolute Gasteiger partial charge is 0.480 e. The number of hydrogen-bond donors (Lipinski definition) is 4. The summed E-state index contributed by atoms with van der Waals surface area (Å²) in [5, 5.41) is 22.1. The Hall–Kier alpha value is -0.870. The van der Waals surface area contributed by atoms with Crippen molar-refractivity contribution in [1.82, 2.24) is 5.32 Å². The number of carbonyl (C=O) groups excluding carboxylic acids is 1. The molecule has 1 atom stereocenters. The maximum Gasteiger partial charge on any atom is 0.328 e. The van der Waals surface area contributed by atoms with Gasteiger partial charge < -0.3 is 20.8 Å². The molecular weight excluding hydrogens is 419 g/mol. The van der Waals surface area contributed by atoms with Crippen LogP contribution in [-0.2, 0) is 4.79 Å². The molecule has 0 heterocycles. The first-order valence-corrected chi connectivity index (χ1v) is 6.67.